The molecule has 3 heterocycles. The van der Waals surface area contributed by atoms with E-state index in [0.29, 0.717) is 24.3 Å². The van der Waals surface area contributed by atoms with Crippen LogP contribution in [0.3, 0.4) is 0 Å². The molecule has 0 bridgehead atoms. The fourth-order valence-electron chi connectivity index (χ4n) is 3.19. The maximum Gasteiger partial charge on any atom is 0.252 e. The molecule has 1 aliphatic rings. The summed E-state index contributed by atoms with van der Waals surface area (Å²) in [6.45, 7) is 7.98. The van der Waals surface area contributed by atoms with Gasteiger partial charge in [0.25, 0.3) is 5.91 Å². The van der Waals surface area contributed by atoms with E-state index >= 15 is 0 Å². The zero-order valence-corrected chi connectivity index (χ0v) is 14.3. The number of rotatable bonds is 6. The Kier molecular flexibility index (Phi) is 5.42. The van der Waals surface area contributed by atoms with Gasteiger partial charge >= 0.3 is 0 Å². The Hall–Kier alpha value is -1.99. The molecular formula is C17H25N5O2. The van der Waals surface area contributed by atoms with Crippen LogP contribution in [-0.4, -0.2) is 63.8 Å². The van der Waals surface area contributed by atoms with Crippen molar-refractivity contribution >= 4 is 11.6 Å². The smallest absolute Gasteiger partial charge is 0.252 e. The second kappa shape index (κ2) is 7.72. The van der Waals surface area contributed by atoms with Crippen LogP contribution in [0.15, 0.2) is 24.7 Å². The number of pyridine rings is 1. The number of hydrogen-bond acceptors (Lipinski definition) is 5. The second-order valence-corrected chi connectivity index (χ2v) is 6.49. The van der Waals surface area contributed by atoms with Crippen molar-refractivity contribution in [1.29, 1.82) is 0 Å². The van der Waals surface area contributed by atoms with E-state index in [1.165, 1.54) is 0 Å². The highest BCUT2D eigenvalue weighted by atomic mass is 16.5. The lowest BCUT2D eigenvalue weighted by Gasteiger charge is -2.35. The van der Waals surface area contributed by atoms with E-state index in [1.54, 1.807) is 29.1 Å². The first-order chi connectivity index (χ1) is 11.6. The first-order valence-corrected chi connectivity index (χ1v) is 8.57. The molecule has 0 saturated carbocycles. The van der Waals surface area contributed by atoms with E-state index in [0.717, 1.165) is 38.1 Å². The summed E-state index contributed by atoms with van der Waals surface area (Å²) >= 11 is 0. The summed E-state index contributed by atoms with van der Waals surface area (Å²) in [6.07, 6.45) is 6.00. The fraction of sp³-hybridized carbons (Fsp3) is 0.588. The van der Waals surface area contributed by atoms with Crippen LogP contribution < -0.4 is 5.32 Å². The molecule has 1 aliphatic heterocycles. The molecule has 7 heteroatoms. The summed E-state index contributed by atoms with van der Waals surface area (Å²) in [4.78, 5) is 14.6. The summed E-state index contributed by atoms with van der Waals surface area (Å²) in [7, 11) is 0. The number of unbranched alkanes of at least 4 members (excludes halogenated alkanes) is 1. The number of ether oxygens (including phenoxy) is 1. The maximum absolute atomic E-state index is 12.2. The summed E-state index contributed by atoms with van der Waals surface area (Å²) < 4.78 is 7.49. The van der Waals surface area contributed by atoms with Crippen molar-refractivity contribution < 1.29 is 9.53 Å². The molecule has 7 nitrogen and oxygen atoms in total. The van der Waals surface area contributed by atoms with Gasteiger partial charge in [-0.2, -0.15) is 0 Å². The third kappa shape index (κ3) is 4.30. The van der Waals surface area contributed by atoms with Gasteiger partial charge in [-0.1, -0.05) is 0 Å². The lowest BCUT2D eigenvalue weighted by atomic mass is 10.2. The van der Waals surface area contributed by atoms with Gasteiger partial charge in [-0.25, -0.2) is 0 Å². The lowest BCUT2D eigenvalue weighted by molar-refractivity contribution is -0.0681. The number of hydrogen-bond donors (Lipinski definition) is 1. The van der Waals surface area contributed by atoms with Crippen molar-refractivity contribution in [3.05, 3.63) is 30.2 Å². The van der Waals surface area contributed by atoms with Gasteiger partial charge in [0.1, 0.15) is 6.33 Å². The molecule has 0 aromatic carbocycles. The Morgan fingerprint density at radius 2 is 2.08 bits per heavy atom. The normalized spacial score (nSPS) is 21.9. The van der Waals surface area contributed by atoms with Crippen molar-refractivity contribution in [2.75, 3.05) is 26.2 Å². The Morgan fingerprint density at radius 1 is 1.29 bits per heavy atom. The number of amides is 1. The van der Waals surface area contributed by atoms with Gasteiger partial charge in [0.2, 0.25) is 0 Å². The summed E-state index contributed by atoms with van der Waals surface area (Å²) in [5, 5.41) is 10.7. The van der Waals surface area contributed by atoms with Crippen LogP contribution in [0.2, 0.25) is 0 Å². The van der Waals surface area contributed by atoms with Crippen LogP contribution in [0.25, 0.3) is 5.65 Å². The minimum atomic E-state index is -0.0563. The Morgan fingerprint density at radius 3 is 2.88 bits per heavy atom. The van der Waals surface area contributed by atoms with Crippen LogP contribution in [0.1, 0.15) is 37.0 Å². The molecule has 0 unspecified atom stereocenters. The molecule has 1 fully saturated rings. The molecular weight excluding hydrogens is 306 g/mol. The van der Waals surface area contributed by atoms with Crippen molar-refractivity contribution in [2.24, 2.45) is 0 Å². The van der Waals surface area contributed by atoms with Gasteiger partial charge in [0, 0.05) is 25.8 Å². The molecule has 0 spiro atoms. The largest absolute Gasteiger partial charge is 0.373 e. The number of carbonyl (C=O) groups excluding carboxylic acids is 1. The molecule has 24 heavy (non-hydrogen) atoms. The van der Waals surface area contributed by atoms with Crippen LogP contribution in [0.4, 0.5) is 0 Å². The summed E-state index contributed by atoms with van der Waals surface area (Å²) in [5.74, 6) is -0.0563. The molecule has 2 aromatic heterocycles. The van der Waals surface area contributed by atoms with Crippen molar-refractivity contribution in [3.63, 3.8) is 0 Å². The molecule has 1 N–H and O–H groups in total. The standard InChI is InChI=1S/C17H25N5O2/c1-13-9-21(10-14(2)24-13)8-4-3-7-18-17(23)15-5-6-16-20-19-12-22(16)11-15/h5-6,11-14H,3-4,7-10H2,1-2H3,(H,18,23)/t13-,14-/m1/s1. The number of nitrogens with one attached hydrogen (secondary N) is 1. The predicted molar refractivity (Wildman–Crippen MR) is 91.0 cm³/mol. The maximum atomic E-state index is 12.2. The SMILES string of the molecule is C[C@@H]1CN(CCCCNC(=O)c2ccc3nncn3c2)C[C@@H](C)O1. The van der Waals surface area contributed by atoms with Crippen LogP contribution in [-0.2, 0) is 4.74 Å². The van der Waals surface area contributed by atoms with E-state index in [9.17, 15) is 4.79 Å². The quantitative estimate of drug-likeness (QED) is 0.809. The number of aromatic nitrogens is 3. The number of carbonyl (C=O) groups is 1. The Labute approximate surface area is 142 Å². The van der Waals surface area contributed by atoms with Gasteiger partial charge in [-0.3, -0.25) is 14.1 Å². The van der Waals surface area contributed by atoms with E-state index in [2.05, 4.69) is 34.3 Å². The van der Waals surface area contributed by atoms with Gasteiger partial charge in [-0.15, -0.1) is 10.2 Å². The van der Waals surface area contributed by atoms with E-state index in [-0.39, 0.29) is 5.91 Å². The second-order valence-electron chi connectivity index (χ2n) is 6.49. The zero-order chi connectivity index (χ0) is 16.9. The molecule has 0 aliphatic carbocycles. The van der Waals surface area contributed by atoms with Crippen molar-refractivity contribution in [3.8, 4) is 0 Å². The number of morpholine rings is 1. The predicted octanol–water partition coefficient (Wildman–Crippen LogP) is 1.35. The van der Waals surface area contributed by atoms with Crippen molar-refractivity contribution in [1.82, 2.24) is 24.8 Å². The first kappa shape index (κ1) is 16.9. The van der Waals surface area contributed by atoms with E-state index < -0.39 is 0 Å². The average molecular weight is 331 g/mol. The third-order valence-electron chi connectivity index (χ3n) is 4.24. The minimum Gasteiger partial charge on any atom is -0.373 e. The highest BCUT2D eigenvalue weighted by Crippen LogP contribution is 2.11. The zero-order valence-electron chi connectivity index (χ0n) is 14.3. The van der Waals surface area contributed by atoms with Gasteiger partial charge in [-0.05, 0) is 45.4 Å². The van der Waals surface area contributed by atoms with Gasteiger partial charge < -0.3 is 10.1 Å². The molecule has 130 valence electrons. The highest BCUT2D eigenvalue weighted by molar-refractivity contribution is 5.94. The lowest BCUT2D eigenvalue weighted by Crippen LogP contribution is -2.45. The molecule has 1 amide bonds. The molecule has 0 radical (unpaired) electrons. The monoisotopic (exact) mass is 331 g/mol. The number of nitrogens with zero attached hydrogens (tertiary/aromatic N) is 4. The molecule has 1 saturated heterocycles. The number of fused-ring (bicyclic) bond motifs is 1. The average Bonchev–Trinajstić information content (AvgIpc) is 3.01. The minimum absolute atomic E-state index is 0.0563. The van der Waals surface area contributed by atoms with E-state index in [1.807, 2.05) is 0 Å². The fourth-order valence-corrected chi connectivity index (χ4v) is 3.19. The molecule has 3 rings (SSSR count). The third-order valence-corrected chi connectivity index (χ3v) is 4.24. The topological polar surface area (TPSA) is 71.8 Å². The molecule has 2 atom stereocenters. The van der Waals surface area contributed by atoms with Crippen LogP contribution >= 0.6 is 0 Å². The summed E-state index contributed by atoms with van der Waals surface area (Å²) in [6, 6.07) is 3.57. The van der Waals surface area contributed by atoms with Crippen LogP contribution in [0.5, 0.6) is 0 Å². The molecule has 2 aromatic rings. The van der Waals surface area contributed by atoms with Gasteiger partial charge in [0.15, 0.2) is 5.65 Å². The summed E-state index contributed by atoms with van der Waals surface area (Å²) in [5.41, 5.74) is 1.36. The first-order valence-electron chi connectivity index (χ1n) is 8.57. The van der Waals surface area contributed by atoms with Crippen LogP contribution in [0, 0.1) is 0 Å². The Bertz CT molecular complexity index is 676. The van der Waals surface area contributed by atoms with Crippen molar-refractivity contribution in [2.45, 2.75) is 38.9 Å². The van der Waals surface area contributed by atoms with Gasteiger partial charge in [0.05, 0.1) is 17.8 Å². The van der Waals surface area contributed by atoms with E-state index in [4.69, 9.17) is 4.74 Å². The highest BCUT2D eigenvalue weighted by Gasteiger charge is 2.21. The Balaban J connectivity index is 1.37.